The average molecular weight is 538 g/mol. The van der Waals surface area contributed by atoms with Gasteiger partial charge < -0.3 is 4.90 Å². The zero-order chi connectivity index (χ0) is 22.9. The standard InChI is InChI=1S/C23H19BrClFN2O3S/c24-18-3-10-22-17(13-18)11-12-28(22)23(29)15-27(14-16-1-6-20(26)7-2-16)32(30,31)21-8-4-19(25)5-9-21/h1-10,13H,11-12,14-15H2. The summed E-state index contributed by atoms with van der Waals surface area (Å²) in [4.78, 5) is 14.8. The molecular weight excluding hydrogens is 519 g/mol. The van der Waals surface area contributed by atoms with Gasteiger partial charge in [-0.05, 0) is 72.1 Å². The van der Waals surface area contributed by atoms with Gasteiger partial charge in [0.15, 0.2) is 0 Å². The third-order valence-electron chi connectivity index (χ3n) is 5.27. The first-order valence-electron chi connectivity index (χ1n) is 9.83. The molecular formula is C23H19BrClFN2O3S. The number of hydrogen-bond acceptors (Lipinski definition) is 3. The van der Waals surface area contributed by atoms with E-state index in [0.717, 1.165) is 20.0 Å². The highest BCUT2D eigenvalue weighted by atomic mass is 79.9. The first-order chi connectivity index (χ1) is 15.2. The lowest BCUT2D eigenvalue weighted by atomic mass is 10.2. The molecule has 3 aromatic carbocycles. The minimum Gasteiger partial charge on any atom is -0.311 e. The summed E-state index contributed by atoms with van der Waals surface area (Å²) in [6, 6.07) is 17.0. The predicted molar refractivity (Wildman–Crippen MR) is 126 cm³/mol. The van der Waals surface area contributed by atoms with Crippen LogP contribution < -0.4 is 4.90 Å². The van der Waals surface area contributed by atoms with E-state index < -0.39 is 15.8 Å². The number of carbonyl (C=O) groups excluding carboxylic acids is 1. The zero-order valence-electron chi connectivity index (χ0n) is 16.8. The molecule has 0 saturated heterocycles. The molecule has 0 N–H and O–H groups in total. The first-order valence-corrected chi connectivity index (χ1v) is 12.4. The molecule has 0 spiro atoms. The maximum absolute atomic E-state index is 13.4. The van der Waals surface area contributed by atoms with Crippen LogP contribution in [0.5, 0.6) is 0 Å². The number of rotatable bonds is 6. The van der Waals surface area contributed by atoms with Crippen LogP contribution in [0.2, 0.25) is 5.02 Å². The van der Waals surface area contributed by atoms with Crippen molar-refractivity contribution in [3.05, 3.63) is 93.2 Å². The number of amides is 1. The highest BCUT2D eigenvalue weighted by molar-refractivity contribution is 9.10. The van der Waals surface area contributed by atoms with Crippen LogP contribution in [-0.2, 0) is 27.8 Å². The van der Waals surface area contributed by atoms with Gasteiger partial charge in [-0.3, -0.25) is 4.79 Å². The quantitative estimate of drug-likeness (QED) is 0.444. The number of hydrogen-bond donors (Lipinski definition) is 0. The summed E-state index contributed by atoms with van der Waals surface area (Å²) < 4.78 is 42.1. The first kappa shape index (κ1) is 22.9. The van der Waals surface area contributed by atoms with Gasteiger partial charge >= 0.3 is 0 Å². The van der Waals surface area contributed by atoms with Crippen molar-refractivity contribution in [3.8, 4) is 0 Å². The Bertz CT molecular complexity index is 1250. The molecule has 5 nitrogen and oxygen atoms in total. The van der Waals surface area contributed by atoms with Crippen LogP contribution in [0.3, 0.4) is 0 Å². The van der Waals surface area contributed by atoms with Crippen LogP contribution in [0.15, 0.2) is 76.1 Å². The van der Waals surface area contributed by atoms with Crippen molar-refractivity contribution < 1.29 is 17.6 Å². The van der Waals surface area contributed by atoms with Gasteiger partial charge in [-0.2, -0.15) is 4.31 Å². The molecule has 0 fully saturated rings. The van der Waals surface area contributed by atoms with Gasteiger partial charge in [-0.15, -0.1) is 0 Å². The fourth-order valence-corrected chi connectivity index (χ4v) is 5.55. The van der Waals surface area contributed by atoms with Gasteiger partial charge in [-0.25, -0.2) is 12.8 Å². The molecule has 0 bridgehead atoms. The molecule has 1 amide bonds. The Morgan fingerprint density at radius 2 is 1.75 bits per heavy atom. The molecule has 0 unspecified atom stereocenters. The number of halogens is 3. The fraction of sp³-hybridized carbons (Fsp3) is 0.174. The van der Waals surface area contributed by atoms with E-state index in [-0.39, 0.29) is 23.9 Å². The van der Waals surface area contributed by atoms with E-state index in [0.29, 0.717) is 23.6 Å². The Morgan fingerprint density at radius 1 is 1.06 bits per heavy atom. The lowest BCUT2D eigenvalue weighted by Gasteiger charge is -2.25. The van der Waals surface area contributed by atoms with Crippen molar-refractivity contribution in [2.24, 2.45) is 0 Å². The summed E-state index contributed by atoms with van der Waals surface area (Å²) in [5.41, 5.74) is 2.38. The number of fused-ring (bicyclic) bond motifs is 1. The van der Waals surface area contributed by atoms with Crippen LogP contribution in [-0.4, -0.2) is 31.7 Å². The van der Waals surface area contributed by atoms with Crippen molar-refractivity contribution in [2.45, 2.75) is 17.9 Å². The van der Waals surface area contributed by atoms with E-state index in [1.807, 2.05) is 18.2 Å². The second-order valence-electron chi connectivity index (χ2n) is 7.42. The van der Waals surface area contributed by atoms with Crippen molar-refractivity contribution in [1.82, 2.24) is 4.31 Å². The Kier molecular flexibility index (Phi) is 6.67. The van der Waals surface area contributed by atoms with E-state index in [1.165, 1.54) is 48.5 Å². The van der Waals surface area contributed by atoms with Crippen LogP contribution >= 0.6 is 27.5 Å². The second-order valence-corrected chi connectivity index (χ2v) is 10.7. The molecule has 3 aromatic rings. The van der Waals surface area contributed by atoms with Crippen molar-refractivity contribution in [1.29, 1.82) is 0 Å². The lowest BCUT2D eigenvalue weighted by molar-refractivity contribution is -0.118. The minimum atomic E-state index is -4.01. The topological polar surface area (TPSA) is 57.7 Å². The molecule has 32 heavy (non-hydrogen) atoms. The van der Waals surface area contributed by atoms with Gasteiger partial charge in [0.25, 0.3) is 0 Å². The summed E-state index contributed by atoms with van der Waals surface area (Å²) in [5.74, 6) is -0.748. The van der Waals surface area contributed by atoms with Crippen LogP contribution in [0.1, 0.15) is 11.1 Å². The highest BCUT2D eigenvalue weighted by Gasteiger charge is 2.31. The molecule has 0 radical (unpaired) electrons. The number of carbonyl (C=O) groups is 1. The monoisotopic (exact) mass is 536 g/mol. The molecule has 0 saturated carbocycles. The molecule has 9 heteroatoms. The minimum absolute atomic E-state index is 0.0302. The zero-order valence-corrected chi connectivity index (χ0v) is 20.0. The van der Waals surface area contributed by atoms with E-state index >= 15 is 0 Å². The maximum atomic E-state index is 13.4. The van der Waals surface area contributed by atoms with Crippen molar-refractivity contribution >= 4 is 49.1 Å². The summed E-state index contributed by atoms with van der Waals surface area (Å²) >= 11 is 9.34. The molecule has 1 heterocycles. The van der Waals surface area contributed by atoms with Gasteiger partial charge in [0, 0.05) is 28.3 Å². The number of anilines is 1. The summed E-state index contributed by atoms with van der Waals surface area (Å²) in [6.07, 6.45) is 0.697. The molecule has 1 aliphatic heterocycles. The maximum Gasteiger partial charge on any atom is 0.243 e. The molecule has 0 atom stereocenters. The van der Waals surface area contributed by atoms with Gasteiger partial charge in [-0.1, -0.05) is 39.7 Å². The van der Waals surface area contributed by atoms with E-state index in [2.05, 4.69) is 15.9 Å². The predicted octanol–water partition coefficient (Wildman–Crippen LogP) is 5.02. The third kappa shape index (κ3) is 4.88. The average Bonchev–Trinajstić information content (AvgIpc) is 3.18. The van der Waals surface area contributed by atoms with E-state index in [9.17, 15) is 17.6 Å². The number of benzene rings is 3. The van der Waals surface area contributed by atoms with Gasteiger partial charge in [0.1, 0.15) is 5.82 Å². The smallest absolute Gasteiger partial charge is 0.243 e. The lowest BCUT2D eigenvalue weighted by Crippen LogP contribution is -2.42. The second kappa shape index (κ2) is 9.31. The SMILES string of the molecule is O=C(CN(Cc1ccc(F)cc1)S(=O)(=O)c1ccc(Cl)cc1)N1CCc2cc(Br)ccc21. The Labute approximate surface area is 199 Å². The Hall–Kier alpha value is -2.26. The van der Waals surface area contributed by atoms with E-state index in [4.69, 9.17) is 11.6 Å². The summed E-state index contributed by atoms with van der Waals surface area (Å²) in [5, 5.41) is 0.407. The van der Waals surface area contributed by atoms with Crippen LogP contribution in [0, 0.1) is 5.82 Å². The normalized spacial score (nSPS) is 13.4. The molecule has 0 aliphatic carbocycles. The van der Waals surface area contributed by atoms with Crippen LogP contribution in [0.25, 0.3) is 0 Å². The third-order valence-corrected chi connectivity index (χ3v) is 7.82. The molecule has 4 rings (SSSR count). The molecule has 1 aliphatic rings. The Balaban J connectivity index is 1.64. The largest absolute Gasteiger partial charge is 0.311 e. The van der Waals surface area contributed by atoms with Crippen molar-refractivity contribution in [2.75, 3.05) is 18.0 Å². The number of sulfonamides is 1. The summed E-state index contributed by atoms with van der Waals surface area (Å²) in [7, 11) is -4.01. The molecule has 0 aromatic heterocycles. The highest BCUT2D eigenvalue weighted by Crippen LogP contribution is 2.31. The molecule has 166 valence electrons. The van der Waals surface area contributed by atoms with Crippen LogP contribution in [0.4, 0.5) is 10.1 Å². The Morgan fingerprint density at radius 3 is 2.44 bits per heavy atom. The number of nitrogens with zero attached hydrogens (tertiary/aromatic N) is 2. The van der Waals surface area contributed by atoms with Gasteiger partial charge in [0.2, 0.25) is 15.9 Å². The fourth-order valence-electron chi connectivity index (χ4n) is 3.64. The summed E-state index contributed by atoms with van der Waals surface area (Å²) in [6.45, 7) is 0.0614. The van der Waals surface area contributed by atoms with Gasteiger partial charge in [0.05, 0.1) is 11.4 Å². The van der Waals surface area contributed by atoms with Crippen molar-refractivity contribution in [3.63, 3.8) is 0 Å². The van der Waals surface area contributed by atoms with E-state index in [1.54, 1.807) is 4.90 Å².